The maximum Gasteiger partial charge on any atom is 0.341 e. The number of halogens is 1. The maximum atomic E-state index is 15.5. The molecular weight excluding hydrogens is 449 g/mol. The lowest BCUT2D eigenvalue weighted by atomic mass is 10.1. The number of anilines is 1. The quantitative estimate of drug-likeness (QED) is 0.352. The van der Waals surface area contributed by atoms with Gasteiger partial charge in [0.2, 0.25) is 5.43 Å². The van der Waals surface area contributed by atoms with Crippen molar-refractivity contribution in [2.75, 3.05) is 37.8 Å². The van der Waals surface area contributed by atoms with Gasteiger partial charge in [-0.3, -0.25) is 4.79 Å². The Kier molecular flexibility index (Phi) is 6.31. The molecule has 2 atom stereocenters. The summed E-state index contributed by atoms with van der Waals surface area (Å²) in [5.74, 6) is -2.24. The molecule has 1 fully saturated rings. The molecule has 2 aliphatic heterocycles. The van der Waals surface area contributed by atoms with Crippen LogP contribution in [-0.2, 0) is 9.68 Å². The van der Waals surface area contributed by atoms with Crippen molar-refractivity contribution in [2.45, 2.75) is 26.8 Å². The molecule has 0 saturated carbocycles. The second-order valence-electron chi connectivity index (χ2n) is 8.04. The highest BCUT2D eigenvalue weighted by Crippen LogP contribution is 2.43. The molecule has 3 heterocycles. The summed E-state index contributed by atoms with van der Waals surface area (Å²) in [5.41, 5.74) is 5.94. The zero-order valence-electron chi connectivity index (χ0n) is 19.1. The van der Waals surface area contributed by atoms with Crippen molar-refractivity contribution >= 4 is 34.1 Å². The molecule has 34 heavy (non-hydrogen) atoms. The minimum Gasteiger partial charge on any atom is -0.487 e. The lowest BCUT2D eigenvalue weighted by Crippen LogP contribution is -2.31. The molecule has 0 spiro atoms. The van der Waals surface area contributed by atoms with Gasteiger partial charge in [0.1, 0.15) is 36.9 Å². The number of ether oxygens (including phenoxy) is 1. The van der Waals surface area contributed by atoms with E-state index < -0.39 is 28.7 Å². The van der Waals surface area contributed by atoms with Crippen LogP contribution >= 0.6 is 0 Å². The standard InChI is InChI=1S/C22H26FN5O6/c1-4-33-25-16-9-27(7-13(16)21(24)26-34-5-2)18-15(23)6-12-17-20(18)32-10-11(3)28(17)8-14(19(12)29)22(30)31/h6,8,11,13H,4-5,7,9-10H2,1-3H3,(H2,24,26)(H,30,31)/b25-16-/t11-,13?/m0/s1. The molecule has 4 rings (SSSR count). The molecule has 1 aromatic heterocycles. The zero-order valence-corrected chi connectivity index (χ0v) is 19.1. The molecule has 182 valence electrons. The summed E-state index contributed by atoms with van der Waals surface area (Å²) in [5, 5.41) is 17.4. The first kappa shape index (κ1) is 23.3. The van der Waals surface area contributed by atoms with Crippen molar-refractivity contribution in [3.63, 3.8) is 0 Å². The molecular formula is C22H26FN5O6. The number of nitrogens with two attached hydrogens (primary N) is 1. The first-order valence-electron chi connectivity index (χ1n) is 10.9. The van der Waals surface area contributed by atoms with Gasteiger partial charge in [0.25, 0.3) is 0 Å². The number of carbonyl (C=O) groups is 1. The molecule has 0 amide bonds. The number of carboxylic acid groups (broad SMARTS) is 1. The van der Waals surface area contributed by atoms with E-state index in [4.69, 9.17) is 20.1 Å². The van der Waals surface area contributed by atoms with E-state index in [0.29, 0.717) is 24.4 Å². The molecule has 0 radical (unpaired) electrons. The van der Waals surface area contributed by atoms with Crippen LogP contribution in [0.15, 0.2) is 27.4 Å². The van der Waals surface area contributed by atoms with Crippen molar-refractivity contribution in [2.24, 2.45) is 22.0 Å². The highest BCUT2D eigenvalue weighted by atomic mass is 19.1. The van der Waals surface area contributed by atoms with Crippen LogP contribution in [0.5, 0.6) is 5.75 Å². The molecule has 2 aliphatic rings. The third kappa shape index (κ3) is 3.88. The Bertz CT molecular complexity index is 1260. The van der Waals surface area contributed by atoms with Gasteiger partial charge in [-0.2, -0.15) is 0 Å². The fourth-order valence-corrected chi connectivity index (χ4v) is 4.23. The first-order valence-corrected chi connectivity index (χ1v) is 10.9. The van der Waals surface area contributed by atoms with Crippen LogP contribution in [0.4, 0.5) is 10.1 Å². The van der Waals surface area contributed by atoms with Crippen molar-refractivity contribution in [3.8, 4) is 5.75 Å². The van der Waals surface area contributed by atoms with E-state index in [0.717, 1.165) is 6.07 Å². The summed E-state index contributed by atoms with van der Waals surface area (Å²) < 4.78 is 23.1. The van der Waals surface area contributed by atoms with Crippen LogP contribution in [0.1, 0.15) is 37.2 Å². The zero-order chi connectivity index (χ0) is 24.6. The smallest absolute Gasteiger partial charge is 0.341 e. The fourth-order valence-electron chi connectivity index (χ4n) is 4.23. The van der Waals surface area contributed by atoms with Crippen LogP contribution in [0, 0.1) is 11.7 Å². The predicted molar refractivity (Wildman–Crippen MR) is 123 cm³/mol. The molecule has 1 saturated heterocycles. The van der Waals surface area contributed by atoms with Crippen LogP contribution in [0.25, 0.3) is 10.9 Å². The van der Waals surface area contributed by atoms with Gasteiger partial charge < -0.3 is 34.7 Å². The lowest BCUT2D eigenvalue weighted by molar-refractivity contribution is 0.0694. The number of hydrogen-bond acceptors (Lipinski definition) is 8. The van der Waals surface area contributed by atoms with Gasteiger partial charge in [0.15, 0.2) is 11.6 Å². The number of hydrogen-bond donors (Lipinski definition) is 2. The molecule has 12 heteroatoms. The van der Waals surface area contributed by atoms with Gasteiger partial charge >= 0.3 is 5.97 Å². The number of amidine groups is 1. The Hall–Kier alpha value is -3.83. The minimum absolute atomic E-state index is 0.0564. The normalized spacial score (nSPS) is 21.1. The Morgan fingerprint density at radius 3 is 2.76 bits per heavy atom. The highest BCUT2D eigenvalue weighted by Gasteiger charge is 2.38. The predicted octanol–water partition coefficient (Wildman–Crippen LogP) is 1.93. The van der Waals surface area contributed by atoms with Crippen molar-refractivity contribution in [3.05, 3.63) is 33.9 Å². The number of aromatic carboxylic acids is 1. The van der Waals surface area contributed by atoms with E-state index in [1.54, 1.807) is 23.3 Å². The van der Waals surface area contributed by atoms with E-state index in [2.05, 4.69) is 10.3 Å². The Morgan fingerprint density at radius 1 is 1.35 bits per heavy atom. The van der Waals surface area contributed by atoms with E-state index in [9.17, 15) is 14.7 Å². The van der Waals surface area contributed by atoms with Crippen molar-refractivity contribution < 1.29 is 28.7 Å². The van der Waals surface area contributed by atoms with Crippen LogP contribution in [0.3, 0.4) is 0 Å². The van der Waals surface area contributed by atoms with Gasteiger partial charge in [-0.05, 0) is 26.8 Å². The minimum atomic E-state index is -1.37. The molecule has 2 aromatic rings. The molecule has 11 nitrogen and oxygen atoms in total. The number of oxime groups is 2. The number of nitrogens with zero attached hydrogens (tertiary/aromatic N) is 4. The number of aromatic nitrogens is 1. The van der Waals surface area contributed by atoms with Gasteiger partial charge in [-0.25, -0.2) is 9.18 Å². The lowest BCUT2D eigenvalue weighted by Gasteiger charge is -2.31. The Labute approximate surface area is 194 Å². The summed E-state index contributed by atoms with van der Waals surface area (Å²) in [6.45, 7) is 6.63. The highest BCUT2D eigenvalue weighted by molar-refractivity contribution is 6.10. The van der Waals surface area contributed by atoms with Crippen LogP contribution < -0.4 is 20.8 Å². The van der Waals surface area contributed by atoms with E-state index >= 15 is 4.39 Å². The number of benzene rings is 1. The largest absolute Gasteiger partial charge is 0.487 e. The van der Waals surface area contributed by atoms with Crippen LogP contribution in [-0.4, -0.2) is 60.1 Å². The fraction of sp³-hybridized carbons (Fsp3) is 0.455. The summed E-state index contributed by atoms with van der Waals surface area (Å²) in [6.07, 6.45) is 1.28. The topological polar surface area (TPSA) is 141 Å². The third-order valence-corrected chi connectivity index (χ3v) is 5.81. The molecule has 1 aromatic carbocycles. The number of rotatable bonds is 7. The second kappa shape index (κ2) is 9.20. The van der Waals surface area contributed by atoms with E-state index in [1.807, 2.05) is 6.92 Å². The molecule has 1 unspecified atom stereocenters. The van der Waals surface area contributed by atoms with Crippen LogP contribution in [0.2, 0.25) is 0 Å². The molecule has 3 N–H and O–H groups in total. The number of pyridine rings is 1. The SMILES string of the molecule is CCO/N=C(/N)C1CN(c2c(F)cc3c(=O)c(C(=O)O)cn4c3c2OC[C@@H]4C)C/C1=N/OCC. The van der Waals surface area contributed by atoms with E-state index in [-0.39, 0.29) is 48.4 Å². The average Bonchev–Trinajstić information content (AvgIpc) is 3.22. The molecule has 0 bridgehead atoms. The van der Waals surface area contributed by atoms with Gasteiger partial charge in [0.05, 0.1) is 35.1 Å². The monoisotopic (exact) mass is 475 g/mol. The summed E-state index contributed by atoms with van der Waals surface area (Å²) in [4.78, 5) is 36.4. The average molecular weight is 475 g/mol. The third-order valence-electron chi connectivity index (χ3n) is 5.81. The molecule has 0 aliphatic carbocycles. The number of carboxylic acids is 1. The maximum absolute atomic E-state index is 15.5. The van der Waals surface area contributed by atoms with E-state index in [1.165, 1.54) is 6.20 Å². The van der Waals surface area contributed by atoms with Gasteiger partial charge in [0, 0.05) is 12.7 Å². The summed E-state index contributed by atoms with van der Waals surface area (Å²) in [7, 11) is 0. The summed E-state index contributed by atoms with van der Waals surface area (Å²) in [6, 6.07) is 0.799. The first-order chi connectivity index (χ1) is 16.3. The van der Waals surface area contributed by atoms with Gasteiger partial charge in [-0.15, -0.1) is 0 Å². The Morgan fingerprint density at radius 2 is 2.09 bits per heavy atom. The second-order valence-corrected chi connectivity index (χ2v) is 8.04. The van der Waals surface area contributed by atoms with Crippen molar-refractivity contribution in [1.29, 1.82) is 0 Å². The van der Waals surface area contributed by atoms with Gasteiger partial charge in [-0.1, -0.05) is 10.3 Å². The van der Waals surface area contributed by atoms with Crippen molar-refractivity contribution in [1.82, 2.24) is 4.57 Å². The summed E-state index contributed by atoms with van der Waals surface area (Å²) >= 11 is 0. The Balaban J connectivity index is 1.87.